The Bertz CT molecular complexity index is 924. The maximum absolute atomic E-state index is 13.0. The van der Waals surface area contributed by atoms with Gasteiger partial charge in [-0.25, -0.2) is 8.42 Å². The zero-order chi connectivity index (χ0) is 19.6. The van der Waals surface area contributed by atoms with Crippen LogP contribution in [0.25, 0.3) is 0 Å². The van der Waals surface area contributed by atoms with Crippen molar-refractivity contribution in [3.05, 3.63) is 47.3 Å². The Morgan fingerprint density at radius 3 is 2.33 bits per heavy atom. The first kappa shape index (κ1) is 19.6. The second-order valence-corrected chi connectivity index (χ2v) is 8.91. The van der Waals surface area contributed by atoms with E-state index < -0.39 is 10.0 Å². The third-order valence-electron chi connectivity index (χ3n) is 5.27. The molecule has 1 aromatic carbocycles. The second kappa shape index (κ2) is 7.86. The lowest BCUT2D eigenvalue weighted by Gasteiger charge is -2.25. The van der Waals surface area contributed by atoms with Crippen molar-refractivity contribution in [2.75, 3.05) is 18.4 Å². The summed E-state index contributed by atoms with van der Waals surface area (Å²) in [5.41, 5.74) is 2.80. The monoisotopic (exact) mass is 389 g/mol. The van der Waals surface area contributed by atoms with Crippen LogP contribution in [-0.2, 0) is 23.5 Å². The van der Waals surface area contributed by atoms with Crippen molar-refractivity contribution >= 4 is 21.6 Å². The number of aromatic nitrogens is 1. The molecule has 0 aliphatic carbocycles. The normalized spacial score (nSPS) is 15.7. The van der Waals surface area contributed by atoms with Gasteiger partial charge in [-0.15, -0.1) is 0 Å². The SMILES string of the molecule is CCc1ccc(NC(=O)c2cc(S(=O)(=O)N3CCCCC3)c(C)n2C)cc1. The molecular formula is C20H27N3O3S. The Kier molecular flexibility index (Phi) is 5.72. The van der Waals surface area contributed by atoms with Gasteiger partial charge in [0.1, 0.15) is 10.6 Å². The molecule has 1 fully saturated rings. The Balaban J connectivity index is 1.86. The highest BCUT2D eigenvalue weighted by atomic mass is 32.2. The van der Waals surface area contributed by atoms with Crippen LogP contribution in [0, 0.1) is 6.92 Å². The minimum atomic E-state index is -3.58. The molecule has 7 heteroatoms. The molecule has 0 radical (unpaired) electrons. The van der Waals surface area contributed by atoms with E-state index in [1.165, 1.54) is 15.9 Å². The highest BCUT2D eigenvalue weighted by molar-refractivity contribution is 7.89. The maximum atomic E-state index is 13.0. The van der Waals surface area contributed by atoms with Gasteiger partial charge in [0, 0.05) is 31.5 Å². The van der Waals surface area contributed by atoms with Gasteiger partial charge in [0.2, 0.25) is 10.0 Å². The maximum Gasteiger partial charge on any atom is 0.272 e. The Morgan fingerprint density at radius 1 is 1.11 bits per heavy atom. The third-order valence-corrected chi connectivity index (χ3v) is 7.29. The summed E-state index contributed by atoms with van der Waals surface area (Å²) in [6.45, 7) is 4.90. The first-order valence-electron chi connectivity index (χ1n) is 9.41. The van der Waals surface area contributed by atoms with Crippen LogP contribution in [0.5, 0.6) is 0 Å². The molecule has 3 rings (SSSR count). The Morgan fingerprint density at radius 2 is 1.74 bits per heavy atom. The van der Waals surface area contributed by atoms with E-state index in [0.29, 0.717) is 30.2 Å². The van der Waals surface area contributed by atoms with E-state index in [0.717, 1.165) is 25.7 Å². The van der Waals surface area contributed by atoms with Crippen LogP contribution in [0.3, 0.4) is 0 Å². The molecule has 0 atom stereocenters. The largest absolute Gasteiger partial charge is 0.343 e. The number of amides is 1. The number of carbonyl (C=O) groups excluding carboxylic acids is 1. The van der Waals surface area contributed by atoms with E-state index in [9.17, 15) is 13.2 Å². The number of nitrogens with zero attached hydrogens (tertiary/aromatic N) is 2. The number of carbonyl (C=O) groups is 1. The average molecular weight is 390 g/mol. The summed E-state index contributed by atoms with van der Waals surface area (Å²) >= 11 is 0. The molecule has 1 N–H and O–H groups in total. The van der Waals surface area contributed by atoms with Crippen molar-refractivity contribution in [1.82, 2.24) is 8.87 Å². The number of aryl methyl sites for hydroxylation is 1. The quantitative estimate of drug-likeness (QED) is 0.853. The van der Waals surface area contributed by atoms with Gasteiger partial charge in [-0.3, -0.25) is 4.79 Å². The zero-order valence-corrected chi connectivity index (χ0v) is 17.0. The van der Waals surface area contributed by atoms with Crippen molar-refractivity contribution in [3.63, 3.8) is 0 Å². The van der Waals surface area contributed by atoms with Gasteiger partial charge in [0.15, 0.2) is 0 Å². The third kappa shape index (κ3) is 3.94. The summed E-state index contributed by atoms with van der Waals surface area (Å²) in [5.74, 6) is -0.315. The fourth-order valence-corrected chi connectivity index (χ4v) is 5.20. The molecule has 2 aromatic rings. The summed E-state index contributed by atoms with van der Waals surface area (Å²) in [7, 11) is -1.86. The highest BCUT2D eigenvalue weighted by Crippen LogP contribution is 2.26. The van der Waals surface area contributed by atoms with E-state index in [4.69, 9.17) is 0 Å². The number of sulfonamides is 1. The van der Waals surface area contributed by atoms with Gasteiger partial charge in [0.05, 0.1) is 0 Å². The van der Waals surface area contributed by atoms with Crippen molar-refractivity contribution in [2.45, 2.75) is 44.4 Å². The van der Waals surface area contributed by atoms with Crippen LogP contribution >= 0.6 is 0 Å². The molecule has 0 spiro atoms. The highest BCUT2D eigenvalue weighted by Gasteiger charge is 2.30. The van der Waals surface area contributed by atoms with E-state index in [-0.39, 0.29) is 10.8 Å². The standard InChI is InChI=1S/C20H27N3O3S/c1-4-16-8-10-17(11-9-16)21-20(24)18-14-19(15(2)22(18)3)27(25,26)23-12-6-5-7-13-23/h8-11,14H,4-7,12-13H2,1-3H3,(H,21,24). The van der Waals surface area contributed by atoms with Crippen LogP contribution < -0.4 is 5.32 Å². The first-order valence-corrected chi connectivity index (χ1v) is 10.9. The van der Waals surface area contributed by atoms with Crippen LogP contribution in [-0.4, -0.2) is 36.3 Å². The molecule has 1 aromatic heterocycles. The number of hydrogen-bond acceptors (Lipinski definition) is 3. The van der Waals surface area contributed by atoms with Gasteiger partial charge >= 0.3 is 0 Å². The number of nitrogens with one attached hydrogen (secondary N) is 1. The molecule has 27 heavy (non-hydrogen) atoms. The lowest BCUT2D eigenvalue weighted by Crippen LogP contribution is -2.35. The minimum absolute atomic E-state index is 0.221. The summed E-state index contributed by atoms with van der Waals surface area (Å²) in [6.07, 6.45) is 3.76. The molecule has 1 aliphatic rings. The Hall–Kier alpha value is -2.12. The molecule has 1 amide bonds. The predicted octanol–water partition coefficient (Wildman–Crippen LogP) is 3.32. The second-order valence-electron chi connectivity index (χ2n) is 7.01. The zero-order valence-electron chi connectivity index (χ0n) is 16.2. The van der Waals surface area contributed by atoms with Crippen LogP contribution in [0.1, 0.15) is 47.9 Å². The number of anilines is 1. The lowest BCUT2D eigenvalue weighted by molar-refractivity contribution is 0.101. The number of rotatable bonds is 5. The van der Waals surface area contributed by atoms with Crippen molar-refractivity contribution in [1.29, 1.82) is 0 Å². The molecule has 0 bridgehead atoms. The Labute approximate surface area is 161 Å². The molecule has 0 unspecified atom stereocenters. The van der Waals surface area contributed by atoms with Gasteiger partial charge in [-0.1, -0.05) is 25.5 Å². The minimum Gasteiger partial charge on any atom is -0.343 e. The average Bonchev–Trinajstić information content (AvgIpc) is 2.99. The fourth-order valence-electron chi connectivity index (χ4n) is 3.41. The van der Waals surface area contributed by atoms with Gasteiger partial charge in [-0.05, 0) is 49.9 Å². The summed E-state index contributed by atoms with van der Waals surface area (Å²) in [5, 5.41) is 2.85. The smallest absolute Gasteiger partial charge is 0.272 e. The molecule has 2 heterocycles. The molecule has 6 nitrogen and oxygen atoms in total. The molecular weight excluding hydrogens is 362 g/mol. The summed E-state index contributed by atoms with van der Waals surface area (Å²) in [6, 6.07) is 9.15. The van der Waals surface area contributed by atoms with E-state index in [1.54, 1.807) is 18.5 Å². The number of benzene rings is 1. The number of piperidine rings is 1. The van der Waals surface area contributed by atoms with E-state index >= 15 is 0 Å². The molecule has 1 aliphatic heterocycles. The molecule has 1 saturated heterocycles. The van der Waals surface area contributed by atoms with Crippen LogP contribution in [0.2, 0.25) is 0 Å². The fraction of sp³-hybridized carbons (Fsp3) is 0.450. The van der Waals surface area contributed by atoms with Gasteiger partial charge in [0.25, 0.3) is 5.91 Å². The van der Waals surface area contributed by atoms with Crippen molar-refractivity contribution in [2.24, 2.45) is 7.05 Å². The first-order chi connectivity index (χ1) is 12.8. The van der Waals surface area contributed by atoms with Gasteiger partial charge in [-0.2, -0.15) is 4.31 Å². The summed E-state index contributed by atoms with van der Waals surface area (Å²) < 4.78 is 29.2. The summed E-state index contributed by atoms with van der Waals surface area (Å²) in [4.78, 5) is 12.9. The van der Waals surface area contributed by atoms with Crippen LogP contribution in [0.15, 0.2) is 35.2 Å². The van der Waals surface area contributed by atoms with Crippen molar-refractivity contribution < 1.29 is 13.2 Å². The topological polar surface area (TPSA) is 71.4 Å². The van der Waals surface area contributed by atoms with Gasteiger partial charge < -0.3 is 9.88 Å². The van der Waals surface area contributed by atoms with Crippen molar-refractivity contribution in [3.8, 4) is 0 Å². The predicted molar refractivity (Wildman–Crippen MR) is 107 cm³/mol. The van der Waals surface area contributed by atoms with Crippen LogP contribution in [0.4, 0.5) is 5.69 Å². The lowest BCUT2D eigenvalue weighted by atomic mass is 10.1. The molecule has 0 saturated carbocycles. The van der Waals surface area contributed by atoms with E-state index in [2.05, 4.69) is 12.2 Å². The number of hydrogen-bond donors (Lipinski definition) is 1. The molecule has 146 valence electrons. The van der Waals surface area contributed by atoms with E-state index in [1.807, 2.05) is 24.3 Å².